The number of nitrogens with one attached hydrogen (secondary N) is 1. The monoisotopic (exact) mass is 399 g/mol. The van der Waals surface area contributed by atoms with Gasteiger partial charge in [0, 0.05) is 12.1 Å². The standard InChI is InChI=1S/C22H25NO6/c1-15-6-4-5-7-17(15)10-11-23-21(25)13-29-22(26)14-28-19-9-8-18(16(2)24)12-20(19)27-3/h4-9,12H,10-11,13-14H2,1-3H3,(H,23,25). The number of amides is 1. The molecule has 0 heterocycles. The highest BCUT2D eigenvalue weighted by molar-refractivity contribution is 5.94. The van der Waals surface area contributed by atoms with Gasteiger partial charge < -0.3 is 19.5 Å². The molecule has 0 aliphatic heterocycles. The minimum absolute atomic E-state index is 0.109. The Labute approximate surface area is 170 Å². The van der Waals surface area contributed by atoms with Crippen LogP contribution in [0.25, 0.3) is 0 Å². The van der Waals surface area contributed by atoms with Crippen LogP contribution >= 0.6 is 0 Å². The summed E-state index contributed by atoms with van der Waals surface area (Å²) in [5.41, 5.74) is 2.79. The second-order valence-electron chi connectivity index (χ2n) is 6.40. The molecule has 0 aliphatic carbocycles. The van der Waals surface area contributed by atoms with Crippen molar-refractivity contribution in [3.8, 4) is 11.5 Å². The Hall–Kier alpha value is -3.35. The van der Waals surface area contributed by atoms with Crippen LogP contribution in [-0.4, -0.2) is 44.5 Å². The van der Waals surface area contributed by atoms with E-state index in [1.165, 1.54) is 20.1 Å². The number of carbonyl (C=O) groups excluding carboxylic acids is 3. The molecule has 0 saturated carbocycles. The van der Waals surface area contributed by atoms with Crippen LogP contribution in [0.15, 0.2) is 42.5 Å². The fraction of sp³-hybridized carbons (Fsp3) is 0.318. The van der Waals surface area contributed by atoms with Gasteiger partial charge in [0.25, 0.3) is 5.91 Å². The number of hydrogen-bond acceptors (Lipinski definition) is 6. The molecule has 29 heavy (non-hydrogen) atoms. The largest absolute Gasteiger partial charge is 0.493 e. The van der Waals surface area contributed by atoms with Crippen molar-refractivity contribution in [3.63, 3.8) is 0 Å². The zero-order valence-electron chi connectivity index (χ0n) is 16.8. The highest BCUT2D eigenvalue weighted by Crippen LogP contribution is 2.28. The van der Waals surface area contributed by atoms with Crippen LogP contribution in [-0.2, 0) is 20.7 Å². The summed E-state index contributed by atoms with van der Waals surface area (Å²) in [6.45, 7) is 3.15. The average Bonchev–Trinajstić information content (AvgIpc) is 2.71. The van der Waals surface area contributed by atoms with Gasteiger partial charge in [0.2, 0.25) is 0 Å². The van der Waals surface area contributed by atoms with Crippen LogP contribution in [0.2, 0.25) is 0 Å². The summed E-state index contributed by atoms with van der Waals surface area (Å²) in [5.74, 6) is -0.536. The third kappa shape index (κ3) is 6.95. The molecule has 154 valence electrons. The number of esters is 1. The number of aryl methyl sites for hydroxylation is 1. The third-order valence-corrected chi connectivity index (χ3v) is 4.26. The summed E-state index contributed by atoms with van der Waals surface area (Å²) < 4.78 is 15.4. The molecule has 0 fully saturated rings. The van der Waals surface area contributed by atoms with Gasteiger partial charge >= 0.3 is 5.97 Å². The Balaban J connectivity index is 1.72. The highest BCUT2D eigenvalue weighted by atomic mass is 16.6. The molecule has 0 atom stereocenters. The zero-order chi connectivity index (χ0) is 21.2. The third-order valence-electron chi connectivity index (χ3n) is 4.26. The summed E-state index contributed by atoms with van der Waals surface area (Å²) >= 11 is 0. The second-order valence-corrected chi connectivity index (χ2v) is 6.40. The maximum atomic E-state index is 11.8. The Morgan fingerprint density at radius 3 is 2.45 bits per heavy atom. The number of Topliss-reactive ketones (excluding diaryl/α,β-unsaturated/α-hetero) is 1. The first kappa shape index (κ1) is 21.9. The summed E-state index contributed by atoms with van der Waals surface area (Å²) in [4.78, 5) is 35.0. The summed E-state index contributed by atoms with van der Waals surface area (Å²) in [5, 5.41) is 2.71. The molecule has 0 saturated heterocycles. The van der Waals surface area contributed by atoms with Gasteiger partial charge in [-0.15, -0.1) is 0 Å². The predicted molar refractivity (Wildman–Crippen MR) is 107 cm³/mol. The fourth-order valence-electron chi connectivity index (χ4n) is 2.61. The molecule has 1 amide bonds. The van der Waals surface area contributed by atoms with E-state index in [2.05, 4.69) is 5.32 Å². The lowest BCUT2D eigenvalue weighted by molar-refractivity contribution is -0.150. The molecule has 0 bridgehead atoms. The molecule has 0 unspecified atom stereocenters. The quantitative estimate of drug-likeness (QED) is 0.488. The van der Waals surface area contributed by atoms with E-state index in [0.29, 0.717) is 30.0 Å². The lowest BCUT2D eigenvalue weighted by Gasteiger charge is -2.11. The fourth-order valence-corrected chi connectivity index (χ4v) is 2.61. The van der Waals surface area contributed by atoms with Crippen LogP contribution in [0.5, 0.6) is 11.5 Å². The maximum Gasteiger partial charge on any atom is 0.344 e. The van der Waals surface area contributed by atoms with Crippen LogP contribution in [0, 0.1) is 6.92 Å². The Bertz CT molecular complexity index is 877. The van der Waals surface area contributed by atoms with Gasteiger partial charge in [-0.2, -0.15) is 0 Å². The number of benzene rings is 2. The van der Waals surface area contributed by atoms with Gasteiger partial charge in [0.05, 0.1) is 7.11 Å². The van der Waals surface area contributed by atoms with Crippen molar-refractivity contribution in [2.75, 3.05) is 26.9 Å². The van der Waals surface area contributed by atoms with Gasteiger partial charge in [-0.3, -0.25) is 9.59 Å². The average molecular weight is 399 g/mol. The first-order valence-electron chi connectivity index (χ1n) is 9.19. The van der Waals surface area contributed by atoms with Crippen LogP contribution in [0.4, 0.5) is 0 Å². The Kier molecular flexibility index (Phi) is 8.21. The van der Waals surface area contributed by atoms with Gasteiger partial charge in [0.1, 0.15) is 0 Å². The summed E-state index contributed by atoms with van der Waals surface area (Å²) in [6.07, 6.45) is 0.700. The first-order chi connectivity index (χ1) is 13.9. The van der Waals surface area contributed by atoms with Gasteiger partial charge in [-0.25, -0.2) is 4.79 Å². The van der Waals surface area contributed by atoms with E-state index < -0.39 is 5.97 Å². The molecule has 0 radical (unpaired) electrons. The SMILES string of the molecule is COc1cc(C(C)=O)ccc1OCC(=O)OCC(=O)NCCc1ccccc1C. The minimum Gasteiger partial charge on any atom is -0.493 e. The van der Waals surface area contributed by atoms with Crippen molar-refractivity contribution in [1.29, 1.82) is 0 Å². The number of methoxy groups -OCH3 is 1. The van der Waals surface area contributed by atoms with Crippen molar-refractivity contribution in [1.82, 2.24) is 5.32 Å². The van der Waals surface area contributed by atoms with E-state index in [4.69, 9.17) is 14.2 Å². The van der Waals surface area contributed by atoms with E-state index in [1.54, 1.807) is 12.1 Å². The van der Waals surface area contributed by atoms with Crippen molar-refractivity contribution < 1.29 is 28.6 Å². The first-order valence-corrected chi connectivity index (χ1v) is 9.19. The molecule has 1 N–H and O–H groups in total. The van der Waals surface area contributed by atoms with E-state index >= 15 is 0 Å². The number of ether oxygens (including phenoxy) is 3. The van der Waals surface area contributed by atoms with E-state index in [0.717, 1.165) is 11.1 Å². The molecule has 7 heteroatoms. The molecule has 0 aliphatic rings. The molecular weight excluding hydrogens is 374 g/mol. The summed E-state index contributed by atoms with van der Waals surface area (Å²) in [6, 6.07) is 12.6. The lowest BCUT2D eigenvalue weighted by atomic mass is 10.1. The molecule has 0 spiro atoms. The number of carbonyl (C=O) groups is 3. The van der Waals surface area contributed by atoms with Crippen molar-refractivity contribution in [2.24, 2.45) is 0 Å². The molecule has 2 rings (SSSR count). The van der Waals surface area contributed by atoms with Crippen molar-refractivity contribution in [3.05, 3.63) is 59.2 Å². The van der Waals surface area contributed by atoms with Crippen LogP contribution in [0.3, 0.4) is 0 Å². The van der Waals surface area contributed by atoms with E-state index in [9.17, 15) is 14.4 Å². The summed E-state index contributed by atoms with van der Waals surface area (Å²) in [7, 11) is 1.44. The number of hydrogen-bond donors (Lipinski definition) is 1. The Morgan fingerprint density at radius 2 is 1.76 bits per heavy atom. The molecule has 7 nitrogen and oxygen atoms in total. The topological polar surface area (TPSA) is 90.9 Å². The van der Waals surface area contributed by atoms with E-state index in [-0.39, 0.29) is 24.9 Å². The smallest absolute Gasteiger partial charge is 0.344 e. The second kappa shape index (κ2) is 10.8. The Morgan fingerprint density at radius 1 is 1.00 bits per heavy atom. The van der Waals surface area contributed by atoms with Gasteiger partial charge in [0.15, 0.2) is 30.5 Å². The van der Waals surface area contributed by atoms with Crippen LogP contribution < -0.4 is 14.8 Å². The lowest BCUT2D eigenvalue weighted by Crippen LogP contribution is -2.31. The molecular formula is C22H25NO6. The predicted octanol–water partition coefficient (Wildman–Crippen LogP) is 2.49. The zero-order valence-corrected chi connectivity index (χ0v) is 16.8. The minimum atomic E-state index is -0.684. The van der Waals surface area contributed by atoms with Gasteiger partial charge in [-0.1, -0.05) is 24.3 Å². The normalized spacial score (nSPS) is 10.2. The molecule has 2 aromatic rings. The van der Waals surface area contributed by atoms with Gasteiger partial charge in [-0.05, 0) is 49.6 Å². The van der Waals surface area contributed by atoms with Crippen molar-refractivity contribution >= 4 is 17.7 Å². The maximum absolute atomic E-state index is 11.8. The van der Waals surface area contributed by atoms with E-state index in [1.807, 2.05) is 31.2 Å². The highest BCUT2D eigenvalue weighted by Gasteiger charge is 2.12. The van der Waals surface area contributed by atoms with Crippen LogP contribution in [0.1, 0.15) is 28.4 Å². The van der Waals surface area contributed by atoms with Crippen molar-refractivity contribution in [2.45, 2.75) is 20.3 Å². The number of rotatable bonds is 10. The molecule has 0 aromatic heterocycles. The number of ketones is 1. The molecule has 2 aromatic carbocycles.